The normalized spacial score (nSPS) is 38.0. The smallest absolute Gasteiger partial charge is 0.338 e. The van der Waals surface area contributed by atoms with Crippen LogP contribution in [0.25, 0.3) is 0 Å². The molecule has 0 heterocycles. The van der Waals surface area contributed by atoms with E-state index in [0.717, 1.165) is 49.4 Å². The van der Waals surface area contributed by atoms with E-state index in [1.807, 2.05) is 30.3 Å². The lowest BCUT2D eigenvalue weighted by Crippen LogP contribution is -2.51. The van der Waals surface area contributed by atoms with Gasteiger partial charge in [-0.15, -0.1) is 0 Å². The standard InChI is InChI=1S/C35H52O3/c1-6-35-21-19-30-28(14-13-26-22-27(36)18-20-34(26,30)5)31(35)16-15-29(35)24(4)12-17-32(23(2)3)38-33(37)25-10-8-7-9-11-25/h7-11,13,23-24,27-32,36H,6,12,14-22H2,1-5H3/t24-,27+,28-,29-,30+,31+,32?,34+,35-/m1/s1. The molecule has 0 amide bonds. The number of allylic oxidation sites excluding steroid dienone is 1. The molecule has 0 bridgehead atoms. The van der Waals surface area contributed by atoms with Crippen LogP contribution in [0.5, 0.6) is 0 Å². The molecule has 1 unspecified atom stereocenters. The van der Waals surface area contributed by atoms with Crippen molar-refractivity contribution in [2.45, 2.75) is 117 Å². The number of hydrogen-bond acceptors (Lipinski definition) is 3. The van der Waals surface area contributed by atoms with Crippen LogP contribution in [0.4, 0.5) is 0 Å². The third kappa shape index (κ3) is 4.91. The lowest BCUT2D eigenvalue weighted by atomic mass is 9.46. The first-order valence-electron chi connectivity index (χ1n) is 15.8. The fraction of sp³-hybridized carbons (Fsp3) is 0.743. The molecule has 5 rings (SSSR count). The molecular weight excluding hydrogens is 468 g/mol. The van der Waals surface area contributed by atoms with Crippen molar-refractivity contribution in [3.05, 3.63) is 47.5 Å². The van der Waals surface area contributed by atoms with Gasteiger partial charge in [0, 0.05) is 0 Å². The minimum atomic E-state index is -0.185. The van der Waals surface area contributed by atoms with Gasteiger partial charge in [0.25, 0.3) is 0 Å². The molecule has 210 valence electrons. The number of carbonyl (C=O) groups excluding carboxylic acids is 1. The molecule has 0 aromatic heterocycles. The quantitative estimate of drug-likeness (QED) is 0.276. The zero-order valence-corrected chi connectivity index (χ0v) is 24.6. The second-order valence-electron chi connectivity index (χ2n) is 14.1. The average molecular weight is 521 g/mol. The summed E-state index contributed by atoms with van der Waals surface area (Å²) in [5.74, 6) is 4.04. The molecule has 0 saturated heterocycles. The number of carbonyl (C=O) groups is 1. The third-order valence-corrected chi connectivity index (χ3v) is 12.1. The molecule has 4 aliphatic carbocycles. The SMILES string of the molecule is CC[C@]12CC[C@H]3[C@@H](CC=C4C[C@@H](O)CC[C@@]43C)[C@@H]1CC[C@@H]2[C@H](C)CCC(OC(=O)c1ccccc1)C(C)C. The number of hydrogen-bond donors (Lipinski definition) is 1. The van der Waals surface area contributed by atoms with Gasteiger partial charge in [0.05, 0.1) is 11.7 Å². The maximum atomic E-state index is 12.8. The molecule has 3 heteroatoms. The van der Waals surface area contributed by atoms with E-state index in [4.69, 9.17) is 4.74 Å². The van der Waals surface area contributed by atoms with Crippen LogP contribution in [0.15, 0.2) is 42.0 Å². The lowest BCUT2D eigenvalue weighted by molar-refractivity contribution is -0.0691. The van der Waals surface area contributed by atoms with Crippen molar-refractivity contribution in [2.24, 2.45) is 46.3 Å². The molecule has 4 aliphatic rings. The number of esters is 1. The number of fused-ring (bicyclic) bond motifs is 5. The van der Waals surface area contributed by atoms with E-state index in [1.54, 1.807) is 5.57 Å². The van der Waals surface area contributed by atoms with Crippen molar-refractivity contribution in [3.8, 4) is 0 Å². The van der Waals surface area contributed by atoms with Crippen LogP contribution in [0, 0.1) is 46.3 Å². The Morgan fingerprint density at radius 1 is 1.03 bits per heavy atom. The van der Waals surface area contributed by atoms with Crippen LogP contribution < -0.4 is 0 Å². The van der Waals surface area contributed by atoms with Crippen LogP contribution >= 0.6 is 0 Å². The van der Waals surface area contributed by atoms with Crippen molar-refractivity contribution < 1.29 is 14.6 Å². The first-order chi connectivity index (χ1) is 18.2. The molecule has 0 aliphatic heterocycles. The number of aliphatic hydroxyl groups excluding tert-OH is 1. The Kier molecular flexibility index (Phi) is 8.17. The Balaban J connectivity index is 1.26. The monoisotopic (exact) mass is 520 g/mol. The van der Waals surface area contributed by atoms with E-state index in [9.17, 15) is 9.90 Å². The zero-order valence-electron chi connectivity index (χ0n) is 24.6. The fourth-order valence-electron chi connectivity index (χ4n) is 9.98. The number of rotatable bonds is 8. The third-order valence-electron chi connectivity index (χ3n) is 12.1. The molecule has 1 aromatic carbocycles. The number of aliphatic hydroxyl groups is 1. The number of benzene rings is 1. The van der Waals surface area contributed by atoms with Gasteiger partial charge in [0.15, 0.2) is 0 Å². The van der Waals surface area contributed by atoms with Crippen molar-refractivity contribution >= 4 is 5.97 Å². The van der Waals surface area contributed by atoms with Gasteiger partial charge in [-0.1, -0.05) is 64.5 Å². The largest absolute Gasteiger partial charge is 0.459 e. The lowest BCUT2D eigenvalue weighted by Gasteiger charge is -2.59. The molecule has 38 heavy (non-hydrogen) atoms. The van der Waals surface area contributed by atoms with Gasteiger partial charge in [-0.05, 0) is 129 Å². The predicted octanol–water partition coefficient (Wildman–Crippen LogP) is 8.61. The van der Waals surface area contributed by atoms with Crippen molar-refractivity contribution in [2.75, 3.05) is 0 Å². The summed E-state index contributed by atoms with van der Waals surface area (Å²) >= 11 is 0. The molecule has 0 spiro atoms. The highest BCUT2D eigenvalue weighted by Crippen LogP contribution is 2.68. The molecule has 3 saturated carbocycles. The van der Waals surface area contributed by atoms with Crippen molar-refractivity contribution in [1.29, 1.82) is 0 Å². The second-order valence-corrected chi connectivity index (χ2v) is 14.1. The molecule has 1 N–H and O–H groups in total. The highest BCUT2D eigenvalue weighted by atomic mass is 16.5. The minimum absolute atomic E-state index is 0.0285. The summed E-state index contributed by atoms with van der Waals surface area (Å²) in [6.07, 6.45) is 15.6. The minimum Gasteiger partial charge on any atom is -0.459 e. The Morgan fingerprint density at radius 3 is 2.50 bits per heavy atom. The average Bonchev–Trinajstić information content (AvgIpc) is 3.32. The zero-order chi connectivity index (χ0) is 27.1. The summed E-state index contributed by atoms with van der Waals surface area (Å²) in [4.78, 5) is 12.8. The van der Waals surface area contributed by atoms with Gasteiger partial charge in [-0.3, -0.25) is 0 Å². The van der Waals surface area contributed by atoms with Gasteiger partial charge in [-0.25, -0.2) is 4.79 Å². The van der Waals surface area contributed by atoms with Crippen LogP contribution in [0.3, 0.4) is 0 Å². The van der Waals surface area contributed by atoms with Crippen LogP contribution in [0.2, 0.25) is 0 Å². The highest BCUT2D eigenvalue weighted by Gasteiger charge is 2.60. The van der Waals surface area contributed by atoms with Crippen molar-refractivity contribution in [1.82, 2.24) is 0 Å². The fourth-order valence-corrected chi connectivity index (χ4v) is 9.98. The van der Waals surface area contributed by atoms with Gasteiger partial charge >= 0.3 is 5.97 Å². The van der Waals surface area contributed by atoms with Crippen molar-refractivity contribution in [3.63, 3.8) is 0 Å². The van der Waals surface area contributed by atoms with E-state index < -0.39 is 0 Å². The molecule has 9 atom stereocenters. The molecule has 1 aromatic rings. The Morgan fingerprint density at radius 2 is 1.79 bits per heavy atom. The molecule has 0 radical (unpaired) electrons. The summed E-state index contributed by atoms with van der Waals surface area (Å²) in [6, 6.07) is 9.44. The van der Waals surface area contributed by atoms with Crippen LogP contribution in [-0.4, -0.2) is 23.3 Å². The first kappa shape index (κ1) is 27.9. The molecular formula is C35H52O3. The summed E-state index contributed by atoms with van der Waals surface area (Å²) in [7, 11) is 0. The van der Waals surface area contributed by atoms with Crippen LogP contribution in [-0.2, 0) is 4.74 Å². The highest BCUT2D eigenvalue weighted by molar-refractivity contribution is 5.89. The van der Waals surface area contributed by atoms with E-state index in [1.165, 1.54) is 44.9 Å². The maximum Gasteiger partial charge on any atom is 0.338 e. The topological polar surface area (TPSA) is 46.5 Å². The number of ether oxygens (including phenoxy) is 1. The van der Waals surface area contributed by atoms with Gasteiger partial charge < -0.3 is 9.84 Å². The summed E-state index contributed by atoms with van der Waals surface area (Å²) in [5.41, 5.74) is 3.02. The first-order valence-corrected chi connectivity index (χ1v) is 15.8. The second kappa shape index (κ2) is 11.1. The summed E-state index contributed by atoms with van der Waals surface area (Å²) in [6.45, 7) is 11.9. The maximum absolute atomic E-state index is 12.8. The summed E-state index contributed by atoms with van der Waals surface area (Å²) < 4.78 is 6.05. The van der Waals surface area contributed by atoms with Gasteiger partial charge in [-0.2, -0.15) is 0 Å². The molecule has 3 fully saturated rings. The van der Waals surface area contributed by atoms with E-state index >= 15 is 0 Å². The van der Waals surface area contributed by atoms with Gasteiger partial charge in [0.2, 0.25) is 0 Å². The van der Waals surface area contributed by atoms with Gasteiger partial charge in [0.1, 0.15) is 6.10 Å². The van der Waals surface area contributed by atoms with E-state index in [-0.39, 0.29) is 18.2 Å². The Bertz CT molecular complexity index is 998. The van der Waals surface area contributed by atoms with E-state index in [0.29, 0.717) is 28.2 Å². The molecule has 3 nitrogen and oxygen atoms in total. The van der Waals surface area contributed by atoms with E-state index in [2.05, 4.69) is 40.7 Å². The Labute approximate surface area is 231 Å². The predicted molar refractivity (Wildman–Crippen MR) is 155 cm³/mol. The summed E-state index contributed by atoms with van der Waals surface area (Å²) in [5, 5.41) is 10.3. The van der Waals surface area contributed by atoms with Crippen LogP contribution in [0.1, 0.15) is 116 Å². The Hall–Kier alpha value is -1.61.